The number of fused-ring (bicyclic) bond motifs is 3. The van der Waals surface area contributed by atoms with Gasteiger partial charge in [-0.15, -0.1) is 0 Å². The number of hydrazone groups is 1. The maximum atomic E-state index is 14.2. The smallest absolute Gasteiger partial charge is 0.271 e. The summed E-state index contributed by atoms with van der Waals surface area (Å²) >= 11 is 6.28. The number of hydrogen-bond acceptors (Lipinski definition) is 16. The molecule has 3 aromatic carbocycles. The highest BCUT2D eigenvalue weighted by molar-refractivity contribution is 6.32. The summed E-state index contributed by atoms with van der Waals surface area (Å²) in [4.78, 5) is 68.7. The minimum atomic E-state index is -2.27. The van der Waals surface area contributed by atoms with Crippen molar-refractivity contribution in [2.24, 2.45) is 5.10 Å². The number of amides is 1. The number of aliphatic hydroxyl groups is 3. The lowest BCUT2D eigenvalue weighted by Crippen LogP contribution is -2.59. The van der Waals surface area contributed by atoms with Crippen LogP contribution in [0, 0.1) is 0 Å². The van der Waals surface area contributed by atoms with Crippen LogP contribution < -0.4 is 10.2 Å². The number of hydrogen-bond donors (Lipinski definition) is 6. The Hall–Kier alpha value is -5.37. The molecular weight excluding hydrogens is 830 g/mol. The Balaban J connectivity index is 1.18. The molecule has 2 heterocycles. The van der Waals surface area contributed by atoms with Gasteiger partial charge < -0.3 is 44.5 Å². The number of aromatic hydroxyl groups is 2. The van der Waals surface area contributed by atoms with Crippen molar-refractivity contribution in [3.63, 3.8) is 0 Å². The zero-order chi connectivity index (χ0) is 44.4. The normalized spacial score (nSPS) is 27.8. The molecule has 18 heteroatoms. The van der Waals surface area contributed by atoms with Crippen LogP contribution in [0.15, 0.2) is 53.7 Å². The molecule has 1 unspecified atom stereocenters. The number of ketones is 4. The number of rotatable bonds is 9. The van der Waals surface area contributed by atoms with Crippen LogP contribution in [-0.4, -0.2) is 135 Å². The van der Waals surface area contributed by atoms with Gasteiger partial charge in [0.15, 0.2) is 23.6 Å². The summed E-state index contributed by atoms with van der Waals surface area (Å²) in [7, 11) is 1.32. The van der Waals surface area contributed by atoms with Crippen LogP contribution in [0.25, 0.3) is 0 Å². The predicted molar refractivity (Wildman–Crippen MR) is 218 cm³/mol. The molecule has 8 rings (SSSR count). The topological polar surface area (TPSA) is 251 Å². The second-order valence-electron chi connectivity index (χ2n) is 16.2. The summed E-state index contributed by atoms with van der Waals surface area (Å²) in [5.41, 5.74) is -1.94. The fourth-order valence-corrected chi connectivity index (χ4v) is 9.51. The molecule has 2 saturated heterocycles. The number of phenols is 2. The van der Waals surface area contributed by atoms with Crippen molar-refractivity contribution in [2.45, 2.75) is 81.4 Å². The lowest BCUT2D eigenvalue weighted by molar-refractivity contribution is -0.260. The molecule has 6 N–H and O–H groups in total. The van der Waals surface area contributed by atoms with E-state index in [4.69, 9.17) is 30.5 Å². The molecule has 0 bridgehead atoms. The van der Waals surface area contributed by atoms with Gasteiger partial charge in [0.1, 0.15) is 28.8 Å². The van der Waals surface area contributed by atoms with E-state index in [1.807, 2.05) is 6.92 Å². The minimum absolute atomic E-state index is 0.0406. The summed E-state index contributed by atoms with van der Waals surface area (Å²) in [6.07, 6.45) is -3.07. The van der Waals surface area contributed by atoms with Crippen molar-refractivity contribution < 1.29 is 68.5 Å². The summed E-state index contributed by atoms with van der Waals surface area (Å²) in [5, 5.41) is 62.7. The molecule has 62 heavy (non-hydrogen) atoms. The average molecular weight is 874 g/mol. The Morgan fingerprint density at radius 3 is 2.45 bits per heavy atom. The molecule has 326 valence electrons. The lowest BCUT2D eigenvalue weighted by atomic mass is 9.71. The third-order valence-electron chi connectivity index (χ3n) is 12.3. The quantitative estimate of drug-likeness (QED) is 0.0612. The van der Waals surface area contributed by atoms with Crippen LogP contribution in [0.3, 0.4) is 0 Å². The van der Waals surface area contributed by atoms with E-state index < -0.39 is 119 Å². The molecule has 17 nitrogen and oxygen atoms in total. The minimum Gasteiger partial charge on any atom is -0.507 e. The highest BCUT2D eigenvalue weighted by Crippen LogP contribution is 2.53. The standard InChI is InChI=1S/C44H44ClN3O14/c1-19-17-48(9-10-60-19)26-14-32(61-20(2)38(26)52)62-30-16-44(58,31(18-49)46-47-43(57)22-11-21(12-23(45)13-22)33-27(50)7-8-28(33)51)15-25-35(30)42(56)37-36(40(25)54)39(53)24-5-4-6-29(59-3)34(24)41(37)55/h4-8,11-13,19-20,26,30,32-33,38,49,52,54,56,58H,9-10,14-18H2,1-3H3,(H,47,57)/b46-31+/t19-,20+,26?,30+,32+,38-,44+/m1/s1. The number of morpholine rings is 1. The van der Waals surface area contributed by atoms with E-state index in [-0.39, 0.29) is 56.7 Å². The number of nitrogens with zero attached hydrogens (tertiary/aromatic N) is 2. The van der Waals surface area contributed by atoms with Gasteiger partial charge in [0.05, 0.1) is 67.1 Å². The molecular formula is C44H44ClN3O14. The van der Waals surface area contributed by atoms with Crippen molar-refractivity contribution >= 4 is 46.4 Å². The van der Waals surface area contributed by atoms with Crippen LogP contribution in [0.5, 0.6) is 17.2 Å². The number of phenolic OH excluding ortho intramolecular Hbond substituents is 2. The number of halogens is 1. The van der Waals surface area contributed by atoms with E-state index in [0.717, 1.165) is 12.2 Å². The largest absolute Gasteiger partial charge is 0.507 e. The van der Waals surface area contributed by atoms with Gasteiger partial charge in [-0.05, 0) is 55.8 Å². The van der Waals surface area contributed by atoms with Gasteiger partial charge in [0, 0.05) is 65.7 Å². The summed E-state index contributed by atoms with van der Waals surface area (Å²) in [6.45, 7) is 4.09. The van der Waals surface area contributed by atoms with Crippen LogP contribution >= 0.6 is 11.6 Å². The highest BCUT2D eigenvalue weighted by Gasteiger charge is 2.50. The zero-order valence-electron chi connectivity index (χ0n) is 33.8. The fraction of sp³-hybridized carbons (Fsp3) is 0.409. The number of aliphatic hydroxyl groups excluding tert-OH is 2. The highest BCUT2D eigenvalue weighted by atomic mass is 35.5. The number of carbonyl (C=O) groups excluding carboxylic acids is 5. The van der Waals surface area contributed by atoms with E-state index in [1.54, 1.807) is 6.92 Å². The number of methoxy groups -OCH3 is 1. The monoisotopic (exact) mass is 873 g/mol. The fourth-order valence-electron chi connectivity index (χ4n) is 9.27. The molecule has 0 spiro atoms. The second-order valence-corrected chi connectivity index (χ2v) is 16.6. The first-order valence-electron chi connectivity index (χ1n) is 20.0. The molecule has 3 aliphatic carbocycles. The van der Waals surface area contributed by atoms with E-state index >= 15 is 0 Å². The summed E-state index contributed by atoms with van der Waals surface area (Å²) in [6, 6.07) is 7.82. The van der Waals surface area contributed by atoms with Crippen LogP contribution in [0.4, 0.5) is 0 Å². The van der Waals surface area contributed by atoms with Crippen molar-refractivity contribution in [1.29, 1.82) is 0 Å². The molecule has 3 aromatic rings. The molecule has 0 radical (unpaired) electrons. The number of allylic oxidation sites excluding steroid dienone is 2. The third-order valence-corrected chi connectivity index (χ3v) is 12.5. The molecule has 5 aliphatic rings. The Labute approximate surface area is 359 Å². The maximum absolute atomic E-state index is 14.2. The van der Waals surface area contributed by atoms with E-state index in [9.17, 15) is 49.5 Å². The Morgan fingerprint density at radius 2 is 1.76 bits per heavy atom. The average Bonchev–Trinajstić information content (AvgIpc) is 3.58. The molecule has 0 saturated carbocycles. The van der Waals surface area contributed by atoms with E-state index in [0.29, 0.717) is 19.7 Å². The zero-order valence-corrected chi connectivity index (χ0v) is 34.5. The SMILES string of the molecule is COc1cccc2c1C(=O)c1c(O)c3c(c(O)c1C2=O)C[C@@](O)(/C(CO)=N/NC(=O)c1cc(Cl)cc(C2C(=O)C=CC2=O)c1)C[C@@H]3O[C@H]1CC(N2CCO[C@H](C)C2)[C@H](O)[C@H](C)O1. The number of nitrogens with one attached hydrogen (secondary N) is 1. The molecule has 2 aliphatic heterocycles. The van der Waals surface area contributed by atoms with Gasteiger partial charge in [-0.3, -0.25) is 28.9 Å². The van der Waals surface area contributed by atoms with Gasteiger partial charge in [-0.2, -0.15) is 5.10 Å². The van der Waals surface area contributed by atoms with Crippen molar-refractivity contribution in [1.82, 2.24) is 10.3 Å². The van der Waals surface area contributed by atoms with Crippen LogP contribution in [0.1, 0.15) is 97.6 Å². The second kappa shape index (κ2) is 16.7. The Bertz CT molecular complexity index is 2450. The molecule has 1 amide bonds. The van der Waals surface area contributed by atoms with Crippen molar-refractivity contribution in [2.75, 3.05) is 33.4 Å². The van der Waals surface area contributed by atoms with Crippen molar-refractivity contribution in [3.05, 3.63) is 98.1 Å². The summed E-state index contributed by atoms with van der Waals surface area (Å²) in [5.74, 6) is -6.03. The van der Waals surface area contributed by atoms with E-state index in [1.165, 1.54) is 43.5 Å². The van der Waals surface area contributed by atoms with E-state index in [2.05, 4.69) is 15.4 Å². The molecule has 0 aromatic heterocycles. The Morgan fingerprint density at radius 1 is 1.03 bits per heavy atom. The Kier molecular flexibility index (Phi) is 11.7. The maximum Gasteiger partial charge on any atom is 0.271 e. The van der Waals surface area contributed by atoms with Gasteiger partial charge >= 0.3 is 0 Å². The van der Waals surface area contributed by atoms with Gasteiger partial charge in [0.25, 0.3) is 5.91 Å². The number of ether oxygens (including phenoxy) is 4. The molecule has 2 fully saturated rings. The third kappa shape index (κ3) is 7.51. The summed E-state index contributed by atoms with van der Waals surface area (Å²) < 4.78 is 23.8. The predicted octanol–water partition coefficient (Wildman–Crippen LogP) is 2.43. The van der Waals surface area contributed by atoms with Gasteiger partial charge in [0.2, 0.25) is 5.78 Å². The van der Waals surface area contributed by atoms with Crippen LogP contribution in [-0.2, 0) is 30.2 Å². The first-order chi connectivity index (χ1) is 29.5. The number of carbonyl (C=O) groups is 5. The first kappa shape index (κ1) is 43.3. The van der Waals surface area contributed by atoms with Gasteiger partial charge in [-0.1, -0.05) is 23.7 Å². The number of benzene rings is 3. The lowest BCUT2D eigenvalue weighted by Gasteiger charge is -2.47. The van der Waals surface area contributed by atoms with Gasteiger partial charge in [-0.25, -0.2) is 5.43 Å². The first-order valence-corrected chi connectivity index (χ1v) is 20.4. The van der Waals surface area contributed by atoms with Crippen molar-refractivity contribution in [3.8, 4) is 17.2 Å². The molecule has 7 atom stereocenters. The van der Waals surface area contributed by atoms with Crippen LogP contribution in [0.2, 0.25) is 5.02 Å².